The van der Waals surface area contributed by atoms with E-state index >= 15 is 0 Å². The predicted molar refractivity (Wildman–Crippen MR) is 84.1 cm³/mol. The number of hydrogen-bond acceptors (Lipinski definition) is 7. The summed E-state index contributed by atoms with van der Waals surface area (Å²) in [7, 11) is -1.74. The van der Waals surface area contributed by atoms with E-state index in [1.54, 1.807) is 12.9 Å². The maximum atomic E-state index is 11.7. The second-order valence-corrected chi connectivity index (χ2v) is 7.34. The van der Waals surface area contributed by atoms with E-state index in [-0.39, 0.29) is 18.5 Å². The van der Waals surface area contributed by atoms with Crippen molar-refractivity contribution in [2.45, 2.75) is 24.3 Å². The Morgan fingerprint density at radius 2 is 2.13 bits per heavy atom. The minimum atomic E-state index is -1.74. The van der Waals surface area contributed by atoms with Gasteiger partial charge >= 0.3 is 0 Å². The number of aromatic amines is 2. The number of nitrogens with one attached hydrogen (secondary N) is 3. The molecule has 3 rings (SSSR count). The van der Waals surface area contributed by atoms with Crippen LogP contribution in [0.15, 0.2) is 17.3 Å². The highest BCUT2D eigenvalue weighted by molar-refractivity contribution is 7.43. The van der Waals surface area contributed by atoms with Gasteiger partial charge < -0.3 is 34.8 Å². The summed E-state index contributed by atoms with van der Waals surface area (Å²) in [4.78, 5) is 21.1. The molecule has 10 heteroatoms. The summed E-state index contributed by atoms with van der Waals surface area (Å²) in [6, 6.07) is -1.08. The number of hydrogen-bond donors (Lipinski definition) is 5. The fourth-order valence-electron chi connectivity index (χ4n) is 2.82. The van der Waals surface area contributed by atoms with Crippen LogP contribution < -0.4 is 10.9 Å². The second-order valence-electron chi connectivity index (χ2n) is 5.65. The molecule has 0 aromatic carbocycles. The molecule has 0 saturated carbocycles. The van der Waals surface area contributed by atoms with Crippen LogP contribution in [-0.4, -0.2) is 63.0 Å². The SMILES string of the molecule is C[PH](=O)COC[C@H]1N[C@@H](c2c[nH]c3c(=O)[nH]cnc23)[C@H](O)[C@@H]1O. The Balaban J connectivity index is 1.81. The molecule has 126 valence electrons. The summed E-state index contributed by atoms with van der Waals surface area (Å²) in [6.07, 6.45) is 0.919. The number of H-pyrrole nitrogens is 2. The molecule has 0 aliphatic carbocycles. The molecule has 1 aliphatic heterocycles. The smallest absolute Gasteiger partial charge is 0.275 e. The minimum absolute atomic E-state index is 0.134. The first-order chi connectivity index (χ1) is 11.0. The van der Waals surface area contributed by atoms with Crippen LogP contribution in [0.4, 0.5) is 0 Å². The van der Waals surface area contributed by atoms with Crippen LogP contribution in [0.5, 0.6) is 0 Å². The Hall–Kier alpha value is -1.51. The molecule has 9 nitrogen and oxygen atoms in total. The van der Waals surface area contributed by atoms with E-state index < -0.39 is 32.1 Å². The van der Waals surface area contributed by atoms with Crippen LogP contribution >= 0.6 is 7.80 Å². The molecule has 0 amide bonds. The lowest BCUT2D eigenvalue weighted by Crippen LogP contribution is -2.37. The van der Waals surface area contributed by atoms with Crippen molar-refractivity contribution in [2.24, 2.45) is 0 Å². The summed E-state index contributed by atoms with van der Waals surface area (Å²) >= 11 is 0. The Bertz CT molecular complexity index is 775. The van der Waals surface area contributed by atoms with Gasteiger partial charge in [0, 0.05) is 11.8 Å². The first-order valence-electron chi connectivity index (χ1n) is 7.23. The first-order valence-corrected chi connectivity index (χ1v) is 9.34. The summed E-state index contributed by atoms with van der Waals surface area (Å²) < 4.78 is 16.4. The average molecular weight is 342 g/mol. The maximum absolute atomic E-state index is 11.7. The van der Waals surface area contributed by atoms with Crippen molar-refractivity contribution in [1.82, 2.24) is 20.3 Å². The molecule has 2 aromatic rings. The van der Waals surface area contributed by atoms with Crippen molar-refractivity contribution in [3.63, 3.8) is 0 Å². The van der Waals surface area contributed by atoms with Crippen molar-refractivity contribution >= 4 is 18.8 Å². The summed E-state index contributed by atoms with van der Waals surface area (Å²) in [6.45, 7) is 1.73. The number of aliphatic hydroxyl groups is 2. The van der Waals surface area contributed by atoms with Crippen LogP contribution in [0.25, 0.3) is 11.0 Å². The average Bonchev–Trinajstić information content (AvgIpc) is 3.04. The van der Waals surface area contributed by atoms with Crippen LogP contribution in [-0.2, 0) is 9.30 Å². The molecule has 3 heterocycles. The normalized spacial score (nSPS) is 29.2. The van der Waals surface area contributed by atoms with Crippen LogP contribution in [0.3, 0.4) is 0 Å². The lowest BCUT2D eigenvalue weighted by atomic mass is 10.0. The number of aromatic nitrogens is 3. The van der Waals surface area contributed by atoms with Crippen molar-refractivity contribution < 1.29 is 19.5 Å². The quantitative estimate of drug-likeness (QED) is 0.446. The summed E-state index contributed by atoms with van der Waals surface area (Å²) in [5, 5.41) is 23.5. The third-order valence-electron chi connectivity index (χ3n) is 3.93. The third-order valence-corrected chi connectivity index (χ3v) is 4.54. The van der Waals surface area contributed by atoms with Gasteiger partial charge in [-0.1, -0.05) is 0 Å². The minimum Gasteiger partial charge on any atom is -0.389 e. The van der Waals surface area contributed by atoms with Gasteiger partial charge in [-0.25, -0.2) is 4.98 Å². The van der Waals surface area contributed by atoms with Gasteiger partial charge in [-0.3, -0.25) is 4.79 Å². The number of rotatable bonds is 5. The monoisotopic (exact) mass is 342 g/mol. The highest BCUT2D eigenvalue weighted by Crippen LogP contribution is 2.31. The zero-order valence-corrected chi connectivity index (χ0v) is 13.4. The van der Waals surface area contributed by atoms with Gasteiger partial charge in [-0.2, -0.15) is 0 Å². The van der Waals surface area contributed by atoms with Crippen LogP contribution in [0, 0.1) is 0 Å². The van der Waals surface area contributed by atoms with Gasteiger partial charge in [-0.15, -0.1) is 0 Å². The fourth-order valence-corrected chi connectivity index (χ4v) is 3.23. The molecule has 1 saturated heterocycles. The molecule has 2 aromatic heterocycles. The molecule has 1 fully saturated rings. The van der Waals surface area contributed by atoms with Crippen molar-refractivity contribution in [3.05, 3.63) is 28.4 Å². The first kappa shape index (κ1) is 16.4. The third kappa shape index (κ3) is 3.11. The number of fused-ring (bicyclic) bond motifs is 1. The zero-order valence-electron chi connectivity index (χ0n) is 12.4. The summed E-state index contributed by atoms with van der Waals surface area (Å²) in [5.74, 6) is 0. The van der Waals surface area contributed by atoms with Crippen molar-refractivity contribution in [3.8, 4) is 0 Å². The molecule has 1 aliphatic rings. The zero-order chi connectivity index (χ0) is 16.6. The second kappa shape index (κ2) is 6.54. The standard InChI is InChI=1S/C13H19N4O5P/c1-23(21)5-22-3-7-11(18)12(19)9(17-7)6-2-14-10-8(6)15-4-16-13(10)20/h2,4,7,9,11-12,14,17-19,23H,3,5H2,1H3,(H,15,16,20)/t7-,9+,11-,12+/m1/s1. The largest absolute Gasteiger partial charge is 0.389 e. The highest BCUT2D eigenvalue weighted by atomic mass is 31.1. The van der Waals surface area contributed by atoms with E-state index in [0.29, 0.717) is 16.6 Å². The lowest BCUT2D eigenvalue weighted by molar-refractivity contribution is 0.0133. The Morgan fingerprint density at radius 1 is 1.35 bits per heavy atom. The van der Waals surface area contributed by atoms with E-state index in [1.165, 1.54) is 6.33 Å². The van der Waals surface area contributed by atoms with Crippen LogP contribution in [0.1, 0.15) is 11.6 Å². The predicted octanol–water partition coefficient (Wildman–Crippen LogP) is -0.851. The molecule has 5 atom stereocenters. The molecule has 0 spiro atoms. The Morgan fingerprint density at radius 3 is 2.87 bits per heavy atom. The summed E-state index contributed by atoms with van der Waals surface area (Å²) in [5.41, 5.74) is 1.06. The molecule has 5 N–H and O–H groups in total. The van der Waals surface area contributed by atoms with Gasteiger partial charge in [0.2, 0.25) is 0 Å². The number of aliphatic hydroxyl groups excluding tert-OH is 2. The molecule has 0 radical (unpaired) electrons. The molecule has 1 unspecified atom stereocenters. The topological polar surface area (TPSA) is 140 Å². The Labute approximate surface area is 131 Å². The van der Waals surface area contributed by atoms with Crippen LogP contribution in [0.2, 0.25) is 0 Å². The molecule has 23 heavy (non-hydrogen) atoms. The van der Waals surface area contributed by atoms with Gasteiger partial charge in [-0.05, 0) is 6.66 Å². The van der Waals surface area contributed by atoms with Gasteiger partial charge in [0.1, 0.15) is 17.1 Å². The molecular formula is C13H19N4O5P. The van der Waals surface area contributed by atoms with E-state index in [4.69, 9.17) is 4.74 Å². The van der Waals surface area contributed by atoms with E-state index in [9.17, 15) is 19.6 Å². The van der Waals surface area contributed by atoms with Gasteiger partial charge in [0.05, 0.1) is 45.3 Å². The number of ether oxygens (including phenoxy) is 1. The van der Waals surface area contributed by atoms with E-state index in [1.807, 2.05) is 0 Å². The van der Waals surface area contributed by atoms with Gasteiger partial charge in [0.25, 0.3) is 5.56 Å². The van der Waals surface area contributed by atoms with E-state index in [0.717, 1.165) is 0 Å². The maximum Gasteiger partial charge on any atom is 0.275 e. The molecule has 0 bridgehead atoms. The van der Waals surface area contributed by atoms with E-state index in [2.05, 4.69) is 20.3 Å². The molecular weight excluding hydrogens is 323 g/mol. The fraction of sp³-hybridized carbons (Fsp3) is 0.538. The van der Waals surface area contributed by atoms with Crippen molar-refractivity contribution in [1.29, 1.82) is 0 Å². The lowest BCUT2D eigenvalue weighted by Gasteiger charge is -2.15. The highest BCUT2D eigenvalue weighted by Gasteiger charge is 2.42. The van der Waals surface area contributed by atoms with Gasteiger partial charge in [0.15, 0.2) is 0 Å². The van der Waals surface area contributed by atoms with Crippen molar-refractivity contribution in [2.75, 3.05) is 19.6 Å². The Kier molecular flexibility index (Phi) is 4.65. The number of nitrogens with zero attached hydrogens (tertiary/aromatic N) is 1.